The van der Waals surface area contributed by atoms with Crippen LogP contribution in [-0.4, -0.2) is 25.7 Å². The molecule has 0 aliphatic rings. The van der Waals surface area contributed by atoms with Crippen molar-refractivity contribution in [3.8, 4) is 11.4 Å². The first-order chi connectivity index (χ1) is 12.2. The fourth-order valence-electron chi connectivity index (χ4n) is 2.60. The number of aromatic nitrogens is 4. The fraction of sp³-hybridized carbons (Fsp3) is 0.0526. The molecule has 0 bridgehead atoms. The summed E-state index contributed by atoms with van der Waals surface area (Å²) in [4.78, 5) is 27.9. The molecular formula is C19H15N5O. The maximum absolute atomic E-state index is 11.6. The topological polar surface area (TPSA) is 83.6 Å². The van der Waals surface area contributed by atoms with Crippen molar-refractivity contribution in [1.29, 1.82) is 0 Å². The van der Waals surface area contributed by atoms with Gasteiger partial charge in [-0.25, -0.2) is 15.0 Å². The van der Waals surface area contributed by atoms with Gasteiger partial charge in [-0.05, 0) is 25.1 Å². The van der Waals surface area contributed by atoms with Crippen LogP contribution in [0.4, 0.5) is 11.5 Å². The molecule has 0 atom stereocenters. The molecule has 2 heterocycles. The first kappa shape index (κ1) is 15.0. The van der Waals surface area contributed by atoms with E-state index in [9.17, 15) is 4.79 Å². The Balaban J connectivity index is 1.77. The SMILES string of the molecule is CC(=O)c1cccc(-c2nc3ncnc(Nc4ccccc4)c3[nH]2)c1. The Labute approximate surface area is 144 Å². The lowest BCUT2D eigenvalue weighted by atomic mass is 10.1. The second-order valence-electron chi connectivity index (χ2n) is 5.63. The van der Waals surface area contributed by atoms with Gasteiger partial charge in [0.1, 0.15) is 17.7 Å². The maximum atomic E-state index is 11.6. The van der Waals surface area contributed by atoms with E-state index in [1.54, 1.807) is 13.0 Å². The monoisotopic (exact) mass is 329 g/mol. The average Bonchev–Trinajstić information content (AvgIpc) is 3.08. The standard InChI is InChI=1S/C19H15N5O/c1-12(25)13-6-5-7-14(10-13)17-23-16-18(20-11-21-19(16)24-17)22-15-8-3-2-4-9-15/h2-11H,1H3,(H2,20,21,22,23,24). The van der Waals surface area contributed by atoms with Gasteiger partial charge >= 0.3 is 0 Å². The van der Waals surface area contributed by atoms with Gasteiger partial charge in [0.25, 0.3) is 0 Å². The summed E-state index contributed by atoms with van der Waals surface area (Å²) in [6, 6.07) is 17.1. The molecule has 4 rings (SSSR count). The van der Waals surface area contributed by atoms with E-state index in [1.807, 2.05) is 48.5 Å². The zero-order valence-corrected chi connectivity index (χ0v) is 13.5. The van der Waals surface area contributed by atoms with Crippen LogP contribution in [0.15, 0.2) is 60.9 Å². The fourth-order valence-corrected chi connectivity index (χ4v) is 2.60. The molecule has 25 heavy (non-hydrogen) atoms. The van der Waals surface area contributed by atoms with Gasteiger partial charge in [0.2, 0.25) is 0 Å². The molecule has 0 unspecified atom stereocenters. The number of nitrogens with zero attached hydrogens (tertiary/aromatic N) is 3. The summed E-state index contributed by atoms with van der Waals surface area (Å²) in [5.41, 5.74) is 3.69. The number of carbonyl (C=O) groups is 1. The van der Waals surface area contributed by atoms with Crippen LogP contribution in [0.1, 0.15) is 17.3 Å². The smallest absolute Gasteiger partial charge is 0.183 e. The third kappa shape index (κ3) is 2.97. The molecule has 2 aromatic heterocycles. The van der Waals surface area contributed by atoms with Crippen molar-refractivity contribution in [2.75, 3.05) is 5.32 Å². The summed E-state index contributed by atoms with van der Waals surface area (Å²) in [7, 11) is 0. The molecule has 6 nitrogen and oxygen atoms in total. The predicted octanol–water partition coefficient (Wildman–Crippen LogP) is 3.97. The van der Waals surface area contributed by atoms with Gasteiger partial charge in [-0.2, -0.15) is 0 Å². The minimum absolute atomic E-state index is 0.0178. The minimum atomic E-state index is 0.0178. The van der Waals surface area contributed by atoms with Crippen molar-refractivity contribution < 1.29 is 4.79 Å². The molecule has 6 heteroatoms. The lowest BCUT2D eigenvalue weighted by molar-refractivity contribution is 0.101. The summed E-state index contributed by atoms with van der Waals surface area (Å²) in [6.45, 7) is 1.55. The number of Topliss-reactive ketones (excluding diaryl/α,β-unsaturated/α-hetero) is 1. The Kier molecular flexibility index (Phi) is 3.70. The molecule has 0 spiro atoms. The predicted molar refractivity (Wildman–Crippen MR) is 96.8 cm³/mol. The number of carbonyl (C=O) groups excluding carboxylic acids is 1. The number of ketones is 1. The molecule has 2 aromatic carbocycles. The van der Waals surface area contributed by atoms with Gasteiger partial charge < -0.3 is 10.3 Å². The van der Waals surface area contributed by atoms with Crippen LogP contribution >= 0.6 is 0 Å². The van der Waals surface area contributed by atoms with Gasteiger partial charge in [0.15, 0.2) is 17.2 Å². The second-order valence-corrected chi connectivity index (χ2v) is 5.63. The summed E-state index contributed by atoms with van der Waals surface area (Å²) in [5, 5.41) is 3.26. The molecule has 0 saturated heterocycles. The molecule has 0 fully saturated rings. The van der Waals surface area contributed by atoms with Gasteiger partial charge in [-0.3, -0.25) is 4.79 Å². The normalized spacial score (nSPS) is 10.8. The highest BCUT2D eigenvalue weighted by Crippen LogP contribution is 2.25. The summed E-state index contributed by atoms with van der Waals surface area (Å²) in [5.74, 6) is 1.32. The number of rotatable bonds is 4. The van der Waals surface area contributed by atoms with Crippen molar-refractivity contribution in [2.45, 2.75) is 6.92 Å². The second kappa shape index (κ2) is 6.16. The Morgan fingerprint density at radius 1 is 1.04 bits per heavy atom. The zero-order chi connectivity index (χ0) is 17.2. The number of hydrogen-bond acceptors (Lipinski definition) is 5. The molecule has 0 aliphatic carbocycles. The van der Waals surface area contributed by atoms with Crippen molar-refractivity contribution in [1.82, 2.24) is 19.9 Å². The summed E-state index contributed by atoms with van der Waals surface area (Å²) < 4.78 is 0. The number of nitrogens with one attached hydrogen (secondary N) is 2. The summed E-state index contributed by atoms with van der Waals surface area (Å²) in [6.07, 6.45) is 1.48. The lowest BCUT2D eigenvalue weighted by Gasteiger charge is -2.05. The van der Waals surface area contributed by atoms with E-state index in [2.05, 4.69) is 25.3 Å². The van der Waals surface area contributed by atoms with Crippen LogP contribution in [0.5, 0.6) is 0 Å². The molecule has 0 radical (unpaired) electrons. The number of para-hydroxylation sites is 1. The Morgan fingerprint density at radius 3 is 2.68 bits per heavy atom. The first-order valence-corrected chi connectivity index (χ1v) is 7.85. The van der Waals surface area contributed by atoms with E-state index < -0.39 is 0 Å². The molecule has 0 amide bonds. The first-order valence-electron chi connectivity index (χ1n) is 7.85. The van der Waals surface area contributed by atoms with E-state index in [-0.39, 0.29) is 5.78 Å². The Morgan fingerprint density at radius 2 is 1.88 bits per heavy atom. The Hall–Kier alpha value is -3.54. The van der Waals surface area contributed by atoms with Crippen molar-refractivity contribution >= 4 is 28.5 Å². The third-order valence-electron chi connectivity index (χ3n) is 3.87. The number of hydrogen-bond donors (Lipinski definition) is 2. The Bertz CT molecular complexity index is 1060. The molecule has 2 N–H and O–H groups in total. The highest BCUT2D eigenvalue weighted by Gasteiger charge is 2.12. The van der Waals surface area contributed by atoms with Crippen LogP contribution in [0.3, 0.4) is 0 Å². The van der Waals surface area contributed by atoms with E-state index in [0.29, 0.717) is 22.9 Å². The van der Waals surface area contributed by atoms with Crippen LogP contribution in [0, 0.1) is 0 Å². The summed E-state index contributed by atoms with van der Waals surface area (Å²) >= 11 is 0. The molecule has 122 valence electrons. The van der Waals surface area contributed by atoms with Gasteiger partial charge in [0, 0.05) is 16.8 Å². The van der Waals surface area contributed by atoms with E-state index >= 15 is 0 Å². The highest BCUT2D eigenvalue weighted by molar-refractivity contribution is 5.95. The number of anilines is 2. The largest absolute Gasteiger partial charge is 0.338 e. The minimum Gasteiger partial charge on any atom is -0.338 e. The van der Waals surface area contributed by atoms with E-state index in [4.69, 9.17) is 0 Å². The van der Waals surface area contributed by atoms with Crippen LogP contribution < -0.4 is 5.32 Å². The highest BCUT2D eigenvalue weighted by atomic mass is 16.1. The molecular weight excluding hydrogens is 314 g/mol. The van der Waals surface area contributed by atoms with Gasteiger partial charge in [-0.1, -0.05) is 36.4 Å². The van der Waals surface area contributed by atoms with Crippen LogP contribution in [0.2, 0.25) is 0 Å². The molecule has 0 aliphatic heterocycles. The van der Waals surface area contributed by atoms with Gasteiger partial charge in [0.05, 0.1) is 0 Å². The zero-order valence-electron chi connectivity index (χ0n) is 13.5. The van der Waals surface area contributed by atoms with Crippen LogP contribution in [-0.2, 0) is 0 Å². The van der Waals surface area contributed by atoms with E-state index in [0.717, 1.165) is 16.8 Å². The van der Waals surface area contributed by atoms with E-state index in [1.165, 1.54) is 6.33 Å². The van der Waals surface area contributed by atoms with Crippen molar-refractivity contribution in [3.63, 3.8) is 0 Å². The number of imidazole rings is 1. The maximum Gasteiger partial charge on any atom is 0.183 e. The number of aromatic amines is 1. The average molecular weight is 329 g/mol. The van der Waals surface area contributed by atoms with Crippen molar-refractivity contribution in [3.05, 3.63) is 66.5 Å². The number of H-pyrrole nitrogens is 1. The lowest BCUT2D eigenvalue weighted by Crippen LogP contribution is -1.95. The molecule has 4 aromatic rings. The van der Waals surface area contributed by atoms with Gasteiger partial charge in [-0.15, -0.1) is 0 Å². The number of benzene rings is 2. The van der Waals surface area contributed by atoms with Crippen LogP contribution in [0.25, 0.3) is 22.6 Å². The van der Waals surface area contributed by atoms with Crippen molar-refractivity contribution in [2.24, 2.45) is 0 Å². The molecule has 0 saturated carbocycles. The number of fused-ring (bicyclic) bond motifs is 1. The quantitative estimate of drug-likeness (QED) is 0.554. The third-order valence-corrected chi connectivity index (χ3v) is 3.87.